The molecule has 0 saturated carbocycles. The molecule has 0 aliphatic rings. The standard InChI is InChI=1S/C17H21BrN4O2/c1-11-9-16(12(2)8-14(11)18)24-10-13-6-4-5-7-15(13)22(20)17(23)21(3)19/h4-9H,10,19-20H2,1-3H3. The van der Waals surface area contributed by atoms with Gasteiger partial charge < -0.3 is 4.74 Å². The molecule has 0 aliphatic heterocycles. The number of nitrogens with two attached hydrogens (primary N) is 2. The Labute approximate surface area is 150 Å². The maximum atomic E-state index is 12.0. The number of urea groups is 1. The number of carbonyl (C=O) groups is 1. The molecule has 0 radical (unpaired) electrons. The van der Waals surface area contributed by atoms with Gasteiger partial charge in [-0.05, 0) is 43.2 Å². The van der Waals surface area contributed by atoms with Crippen molar-refractivity contribution in [2.45, 2.75) is 20.5 Å². The van der Waals surface area contributed by atoms with Crippen molar-refractivity contribution in [1.29, 1.82) is 0 Å². The van der Waals surface area contributed by atoms with Gasteiger partial charge in [0, 0.05) is 17.1 Å². The molecular formula is C17H21BrN4O2. The van der Waals surface area contributed by atoms with Gasteiger partial charge in [0.15, 0.2) is 0 Å². The van der Waals surface area contributed by atoms with Crippen LogP contribution in [0.1, 0.15) is 16.7 Å². The summed E-state index contributed by atoms with van der Waals surface area (Å²) in [6.07, 6.45) is 0. The van der Waals surface area contributed by atoms with Crippen LogP contribution >= 0.6 is 15.9 Å². The predicted molar refractivity (Wildman–Crippen MR) is 98.4 cm³/mol. The minimum Gasteiger partial charge on any atom is -0.489 e. The number of nitrogens with zero attached hydrogens (tertiary/aromatic N) is 2. The Hall–Kier alpha value is -2.09. The Morgan fingerprint density at radius 3 is 2.50 bits per heavy atom. The van der Waals surface area contributed by atoms with E-state index in [9.17, 15) is 4.79 Å². The summed E-state index contributed by atoms with van der Waals surface area (Å²) in [6, 6.07) is 10.8. The fourth-order valence-corrected chi connectivity index (χ4v) is 2.66. The van der Waals surface area contributed by atoms with Crippen molar-refractivity contribution in [3.63, 3.8) is 0 Å². The van der Waals surface area contributed by atoms with Crippen molar-refractivity contribution >= 4 is 27.6 Å². The number of hydrogen-bond acceptors (Lipinski definition) is 4. The Kier molecular flexibility index (Phi) is 5.82. The number of rotatable bonds is 4. The number of amides is 2. The van der Waals surface area contributed by atoms with Crippen molar-refractivity contribution in [2.24, 2.45) is 11.7 Å². The first-order chi connectivity index (χ1) is 11.3. The first-order valence-electron chi connectivity index (χ1n) is 7.36. The summed E-state index contributed by atoms with van der Waals surface area (Å²) in [7, 11) is 1.44. The smallest absolute Gasteiger partial charge is 0.352 e. The maximum absolute atomic E-state index is 12.0. The molecule has 0 spiro atoms. The fourth-order valence-electron chi connectivity index (χ4n) is 2.21. The first-order valence-corrected chi connectivity index (χ1v) is 8.15. The number of hydrogen-bond donors (Lipinski definition) is 2. The average Bonchev–Trinajstić information content (AvgIpc) is 2.55. The molecule has 4 N–H and O–H groups in total. The molecule has 24 heavy (non-hydrogen) atoms. The molecule has 2 aromatic carbocycles. The number of halogens is 1. The highest BCUT2D eigenvalue weighted by molar-refractivity contribution is 9.10. The summed E-state index contributed by atoms with van der Waals surface area (Å²) in [4.78, 5) is 12.0. The molecule has 0 atom stereocenters. The molecule has 7 heteroatoms. The van der Waals surface area contributed by atoms with E-state index < -0.39 is 6.03 Å². The molecule has 0 bridgehead atoms. The number of ether oxygens (including phenoxy) is 1. The lowest BCUT2D eigenvalue weighted by molar-refractivity contribution is 0.216. The van der Waals surface area contributed by atoms with Crippen LogP contribution in [0.2, 0.25) is 0 Å². The molecule has 2 amide bonds. The predicted octanol–water partition coefficient (Wildman–Crippen LogP) is 3.25. The molecule has 2 rings (SSSR count). The normalized spacial score (nSPS) is 10.4. The topological polar surface area (TPSA) is 84.8 Å². The summed E-state index contributed by atoms with van der Waals surface area (Å²) in [5.74, 6) is 12.1. The molecule has 0 aliphatic carbocycles. The zero-order chi connectivity index (χ0) is 17.9. The third-order valence-corrected chi connectivity index (χ3v) is 4.45. The number of para-hydroxylation sites is 1. The zero-order valence-corrected chi connectivity index (χ0v) is 15.5. The van der Waals surface area contributed by atoms with Crippen LogP contribution in [0.4, 0.5) is 10.5 Å². The van der Waals surface area contributed by atoms with Crippen LogP contribution in [0, 0.1) is 13.8 Å². The van der Waals surface area contributed by atoms with Gasteiger partial charge in [0.2, 0.25) is 0 Å². The van der Waals surface area contributed by atoms with Crippen LogP contribution in [0.3, 0.4) is 0 Å². The lowest BCUT2D eigenvalue weighted by Gasteiger charge is -2.23. The summed E-state index contributed by atoms with van der Waals surface area (Å²) in [6.45, 7) is 4.27. The van der Waals surface area contributed by atoms with E-state index in [-0.39, 0.29) is 6.61 Å². The summed E-state index contributed by atoms with van der Waals surface area (Å²) < 4.78 is 6.97. The van der Waals surface area contributed by atoms with Crippen molar-refractivity contribution in [3.05, 3.63) is 57.6 Å². The molecule has 6 nitrogen and oxygen atoms in total. The van der Waals surface area contributed by atoms with E-state index in [1.54, 1.807) is 12.1 Å². The summed E-state index contributed by atoms with van der Waals surface area (Å²) >= 11 is 3.50. The van der Waals surface area contributed by atoms with Crippen LogP contribution in [0.25, 0.3) is 0 Å². The second-order valence-electron chi connectivity index (χ2n) is 5.55. The Bertz CT molecular complexity index is 749. The molecule has 0 fully saturated rings. The molecule has 128 valence electrons. The Morgan fingerprint density at radius 2 is 1.83 bits per heavy atom. The van der Waals surface area contributed by atoms with E-state index >= 15 is 0 Å². The largest absolute Gasteiger partial charge is 0.489 e. The number of hydrazine groups is 2. The second-order valence-corrected chi connectivity index (χ2v) is 6.40. The lowest BCUT2D eigenvalue weighted by Crippen LogP contribution is -2.49. The van der Waals surface area contributed by atoms with E-state index in [4.69, 9.17) is 16.4 Å². The highest BCUT2D eigenvalue weighted by atomic mass is 79.9. The second kappa shape index (κ2) is 7.65. The molecule has 0 aromatic heterocycles. The van der Waals surface area contributed by atoms with Gasteiger partial charge in [0.1, 0.15) is 12.4 Å². The molecule has 0 heterocycles. The van der Waals surface area contributed by atoms with Gasteiger partial charge in [-0.1, -0.05) is 34.1 Å². The van der Waals surface area contributed by atoms with E-state index in [0.29, 0.717) is 5.69 Å². The van der Waals surface area contributed by atoms with Crippen LogP contribution < -0.4 is 21.4 Å². The van der Waals surface area contributed by atoms with Crippen LogP contribution in [-0.2, 0) is 6.61 Å². The highest BCUT2D eigenvalue weighted by Crippen LogP contribution is 2.28. The lowest BCUT2D eigenvalue weighted by atomic mass is 10.1. The number of anilines is 1. The summed E-state index contributed by atoms with van der Waals surface area (Å²) in [5, 5.41) is 1.94. The number of carbonyl (C=O) groups excluding carboxylic acids is 1. The molecule has 0 saturated heterocycles. The summed E-state index contributed by atoms with van der Waals surface area (Å²) in [5.41, 5.74) is 3.44. The van der Waals surface area contributed by atoms with E-state index in [1.807, 2.05) is 38.1 Å². The van der Waals surface area contributed by atoms with Crippen molar-refractivity contribution in [2.75, 3.05) is 12.1 Å². The minimum absolute atomic E-state index is 0.285. The van der Waals surface area contributed by atoms with Crippen LogP contribution in [-0.4, -0.2) is 18.1 Å². The highest BCUT2D eigenvalue weighted by Gasteiger charge is 2.17. The monoisotopic (exact) mass is 392 g/mol. The third-order valence-electron chi connectivity index (χ3n) is 3.60. The molecule has 0 unspecified atom stereocenters. The van der Waals surface area contributed by atoms with Gasteiger partial charge in [-0.3, -0.25) is 5.01 Å². The Balaban J connectivity index is 2.22. The average molecular weight is 393 g/mol. The van der Waals surface area contributed by atoms with Crippen molar-refractivity contribution in [1.82, 2.24) is 5.01 Å². The van der Waals surface area contributed by atoms with Gasteiger partial charge in [0.25, 0.3) is 0 Å². The van der Waals surface area contributed by atoms with Gasteiger partial charge in [-0.25, -0.2) is 21.5 Å². The van der Waals surface area contributed by atoms with Gasteiger partial charge >= 0.3 is 6.03 Å². The minimum atomic E-state index is -0.516. The van der Waals surface area contributed by atoms with Crippen LogP contribution in [0.15, 0.2) is 40.9 Å². The third kappa shape index (κ3) is 4.05. The van der Waals surface area contributed by atoms with Crippen LogP contribution in [0.5, 0.6) is 5.75 Å². The first kappa shape index (κ1) is 18.3. The maximum Gasteiger partial charge on any atom is 0.352 e. The number of aryl methyl sites for hydroxylation is 2. The molecular weight excluding hydrogens is 372 g/mol. The van der Waals surface area contributed by atoms with Gasteiger partial charge in [-0.2, -0.15) is 0 Å². The van der Waals surface area contributed by atoms with E-state index in [0.717, 1.165) is 36.9 Å². The molecule has 2 aromatic rings. The van der Waals surface area contributed by atoms with Gasteiger partial charge in [-0.15, -0.1) is 0 Å². The zero-order valence-electron chi connectivity index (χ0n) is 13.9. The van der Waals surface area contributed by atoms with E-state index in [1.165, 1.54) is 7.05 Å². The fraction of sp³-hybridized carbons (Fsp3) is 0.235. The SMILES string of the molecule is Cc1cc(OCc2ccccc2N(N)C(=O)N(C)N)c(C)cc1Br. The van der Waals surface area contributed by atoms with Crippen molar-refractivity contribution < 1.29 is 9.53 Å². The van der Waals surface area contributed by atoms with Crippen molar-refractivity contribution in [3.8, 4) is 5.75 Å². The quantitative estimate of drug-likeness (QED) is 0.475. The number of benzene rings is 2. The Morgan fingerprint density at radius 1 is 1.17 bits per heavy atom. The van der Waals surface area contributed by atoms with E-state index in [2.05, 4.69) is 15.9 Å². The van der Waals surface area contributed by atoms with Gasteiger partial charge in [0.05, 0.1) is 5.69 Å².